The van der Waals surface area contributed by atoms with E-state index in [9.17, 15) is 19.7 Å². The van der Waals surface area contributed by atoms with E-state index >= 15 is 0 Å². The lowest BCUT2D eigenvalue weighted by molar-refractivity contribution is -0.386. The van der Waals surface area contributed by atoms with E-state index in [1.807, 2.05) is 0 Å². The number of nitro groups is 1. The number of carbonyl (C=O) groups is 2. The molecule has 0 saturated carbocycles. The summed E-state index contributed by atoms with van der Waals surface area (Å²) in [6.45, 7) is 1.24. The van der Waals surface area contributed by atoms with Crippen molar-refractivity contribution in [3.8, 4) is 5.75 Å². The van der Waals surface area contributed by atoms with Gasteiger partial charge in [-0.1, -0.05) is 6.07 Å². The molecule has 20 heavy (non-hydrogen) atoms. The third-order valence-corrected chi connectivity index (χ3v) is 2.25. The molecule has 1 atom stereocenters. The quantitative estimate of drug-likeness (QED) is 0.460. The van der Waals surface area contributed by atoms with Crippen molar-refractivity contribution in [3.05, 3.63) is 40.0 Å². The smallest absolute Gasteiger partial charge is 0.344 e. The van der Waals surface area contributed by atoms with Gasteiger partial charge in [-0.2, -0.15) is 0 Å². The van der Waals surface area contributed by atoms with Crippen molar-refractivity contribution < 1.29 is 29.5 Å². The molecular formula is C12H11NO7. The summed E-state index contributed by atoms with van der Waals surface area (Å²) in [5.74, 6) is -2.64. The zero-order chi connectivity index (χ0) is 15.3. The van der Waals surface area contributed by atoms with Crippen molar-refractivity contribution >= 4 is 23.7 Å². The van der Waals surface area contributed by atoms with Crippen molar-refractivity contribution in [2.45, 2.75) is 13.0 Å². The van der Waals surface area contributed by atoms with Gasteiger partial charge in [0.1, 0.15) is 0 Å². The lowest BCUT2D eigenvalue weighted by Gasteiger charge is -2.10. The number of nitro benzene ring substituents is 1. The summed E-state index contributed by atoms with van der Waals surface area (Å²) in [6.07, 6.45) is 0.772. The highest BCUT2D eigenvalue weighted by atomic mass is 16.6. The molecule has 0 aliphatic carbocycles. The number of hydrogen-bond acceptors (Lipinski definition) is 5. The number of nitrogens with zero attached hydrogens (tertiary/aromatic N) is 1. The van der Waals surface area contributed by atoms with Gasteiger partial charge in [0.2, 0.25) is 0 Å². The summed E-state index contributed by atoms with van der Waals surface area (Å²) in [7, 11) is 0. The Kier molecular flexibility index (Phi) is 4.79. The van der Waals surface area contributed by atoms with E-state index < -0.39 is 28.7 Å². The molecule has 0 aliphatic rings. The Morgan fingerprint density at radius 3 is 2.55 bits per heavy atom. The van der Waals surface area contributed by atoms with Crippen LogP contribution in [0.2, 0.25) is 0 Å². The van der Waals surface area contributed by atoms with E-state index in [4.69, 9.17) is 14.9 Å². The number of carboxylic acids is 2. The highest BCUT2D eigenvalue weighted by molar-refractivity contribution is 5.85. The van der Waals surface area contributed by atoms with Crippen LogP contribution in [0.3, 0.4) is 0 Å². The van der Waals surface area contributed by atoms with E-state index in [2.05, 4.69) is 0 Å². The molecule has 0 fully saturated rings. The van der Waals surface area contributed by atoms with Crippen molar-refractivity contribution in [2.24, 2.45) is 0 Å². The first kappa shape index (κ1) is 15.2. The van der Waals surface area contributed by atoms with Gasteiger partial charge in [0.05, 0.1) is 4.92 Å². The van der Waals surface area contributed by atoms with Gasteiger partial charge in [0.15, 0.2) is 11.9 Å². The summed E-state index contributed by atoms with van der Waals surface area (Å²) in [5, 5.41) is 28.1. The van der Waals surface area contributed by atoms with E-state index in [-0.39, 0.29) is 11.3 Å². The molecule has 8 nitrogen and oxygen atoms in total. The van der Waals surface area contributed by atoms with Crippen molar-refractivity contribution in [3.63, 3.8) is 0 Å². The Morgan fingerprint density at radius 2 is 2.05 bits per heavy atom. The zero-order valence-corrected chi connectivity index (χ0v) is 10.3. The van der Waals surface area contributed by atoms with Crippen LogP contribution in [0, 0.1) is 10.1 Å². The minimum atomic E-state index is -1.26. The molecule has 1 rings (SSSR count). The molecule has 1 aromatic rings. The van der Waals surface area contributed by atoms with Crippen LogP contribution in [0.1, 0.15) is 12.5 Å². The Labute approximate surface area is 113 Å². The van der Waals surface area contributed by atoms with Crippen molar-refractivity contribution in [2.75, 3.05) is 0 Å². The number of hydrogen-bond donors (Lipinski definition) is 2. The van der Waals surface area contributed by atoms with Crippen molar-refractivity contribution in [1.82, 2.24) is 0 Å². The standard InChI is InChI=1S/C12H11NO7/c1-7(12(16)17)20-10-4-2-8(3-5-11(14)15)6-9(10)13(18)19/h2-7H,1H3,(H,14,15)(H,16,17). The second-order valence-electron chi connectivity index (χ2n) is 3.75. The lowest BCUT2D eigenvalue weighted by Crippen LogP contribution is -2.23. The van der Waals surface area contributed by atoms with Crippen LogP contribution in [-0.4, -0.2) is 33.2 Å². The summed E-state index contributed by atoms with van der Waals surface area (Å²) >= 11 is 0. The Hall–Kier alpha value is -2.90. The first-order chi connectivity index (χ1) is 9.31. The lowest BCUT2D eigenvalue weighted by atomic mass is 10.1. The summed E-state index contributed by atoms with van der Waals surface area (Å²) < 4.78 is 4.97. The maximum absolute atomic E-state index is 10.9. The average Bonchev–Trinajstić information content (AvgIpc) is 2.36. The SMILES string of the molecule is CC(Oc1ccc(C=CC(=O)O)cc1[N+](=O)[O-])C(=O)O. The van der Waals surface area contributed by atoms with Crippen LogP contribution in [0.5, 0.6) is 5.75 Å². The van der Waals surface area contributed by atoms with Crippen LogP contribution in [-0.2, 0) is 9.59 Å². The minimum Gasteiger partial charge on any atom is -0.479 e. The second kappa shape index (κ2) is 6.32. The number of ether oxygens (including phenoxy) is 1. The van der Waals surface area contributed by atoms with E-state index in [1.165, 1.54) is 25.1 Å². The zero-order valence-electron chi connectivity index (χ0n) is 10.3. The highest BCUT2D eigenvalue weighted by Gasteiger charge is 2.20. The maximum Gasteiger partial charge on any atom is 0.344 e. The molecule has 8 heteroatoms. The van der Waals surface area contributed by atoms with Gasteiger partial charge in [-0.25, -0.2) is 9.59 Å². The van der Waals surface area contributed by atoms with Gasteiger partial charge in [0.25, 0.3) is 0 Å². The molecule has 1 unspecified atom stereocenters. The van der Waals surface area contributed by atoms with Crippen LogP contribution >= 0.6 is 0 Å². The highest BCUT2D eigenvalue weighted by Crippen LogP contribution is 2.29. The van der Waals surface area contributed by atoms with Crippen LogP contribution in [0.4, 0.5) is 5.69 Å². The Bertz CT molecular complexity index is 579. The fraction of sp³-hybridized carbons (Fsp3) is 0.167. The Balaban J connectivity index is 3.11. The second-order valence-corrected chi connectivity index (χ2v) is 3.75. The van der Waals surface area contributed by atoms with Crippen LogP contribution in [0.15, 0.2) is 24.3 Å². The maximum atomic E-state index is 10.9. The van der Waals surface area contributed by atoms with Crippen LogP contribution in [0.25, 0.3) is 6.08 Å². The number of rotatable bonds is 6. The average molecular weight is 281 g/mol. The summed E-state index contributed by atoms with van der Waals surface area (Å²) in [5.41, 5.74) is -0.153. The monoisotopic (exact) mass is 281 g/mol. The van der Waals surface area contributed by atoms with Gasteiger partial charge < -0.3 is 14.9 Å². The first-order valence-electron chi connectivity index (χ1n) is 5.40. The van der Waals surface area contributed by atoms with E-state index in [0.717, 1.165) is 12.1 Å². The first-order valence-corrected chi connectivity index (χ1v) is 5.40. The molecule has 2 N–H and O–H groups in total. The predicted octanol–water partition coefficient (Wildman–Crippen LogP) is 1.54. The molecule has 0 aromatic heterocycles. The number of aliphatic carboxylic acids is 2. The van der Waals surface area contributed by atoms with E-state index in [0.29, 0.717) is 0 Å². The predicted molar refractivity (Wildman–Crippen MR) is 67.5 cm³/mol. The van der Waals surface area contributed by atoms with Crippen molar-refractivity contribution in [1.29, 1.82) is 0 Å². The van der Waals surface area contributed by atoms with Gasteiger partial charge in [-0.15, -0.1) is 0 Å². The minimum absolute atomic E-state index is 0.197. The van der Waals surface area contributed by atoms with Gasteiger partial charge in [0, 0.05) is 12.1 Å². The molecule has 0 radical (unpaired) electrons. The summed E-state index contributed by atoms with van der Waals surface area (Å²) in [4.78, 5) is 31.2. The molecule has 0 bridgehead atoms. The van der Waals surface area contributed by atoms with E-state index in [1.54, 1.807) is 0 Å². The largest absolute Gasteiger partial charge is 0.479 e. The van der Waals surface area contributed by atoms with Gasteiger partial charge >= 0.3 is 17.6 Å². The normalized spacial score (nSPS) is 12.1. The van der Waals surface area contributed by atoms with Gasteiger partial charge in [-0.3, -0.25) is 10.1 Å². The number of benzene rings is 1. The topological polar surface area (TPSA) is 127 Å². The Morgan fingerprint density at radius 1 is 1.40 bits per heavy atom. The molecule has 0 saturated heterocycles. The fourth-order valence-corrected chi connectivity index (χ4v) is 1.29. The molecule has 0 spiro atoms. The van der Waals surface area contributed by atoms with Crippen LogP contribution < -0.4 is 4.74 Å². The molecule has 1 aromatic carbocycles. The number of carboxylic acid groups (broad SMARTS) is 2. The third kappa shape index (κ3) is 4.09. The third-order valence-electron chi connectivity index (χ3n) is 2.25. The fourth-order valence-electron chi connectivity index (χ4n) is 1.29. The molecule has 106 valence electrons. The molecular weight excluding hydrogens is 270 g/mol. The molecule has 0 aliphatic heterocycles. The van der Waals surface area contributed by atoms with Gasteiger partial charge in [-0.05, 0) is 24.6 Å². The molecule has 0 heterocycles. The molecule has 0 amide bonds. The summed E-state index contributed by atoms with van der Waals surface area (Å²) in [6, 6.07) is 3.71.